The minimum atomic E-state index is -0.405. The van der Waals surface area contributed by atoms with E-state index >= 15 is 0 Å². The maximum absolute atomic E-state index is 13.2. The zero-order valence-corrected chi connectivity index (χ0v) is 19.5. The monoisotopic (exact) mass is 533 g/mol. The molecule has 0 saturated heterocycles. The van der Waals surface area contributed by atoms with Gasteiger partial charge in [-0.1, -0.05) is 56.8 Å². The molecule has 4 nitrogen and oxygen atoms in total. The Morgan fingerprint density at radius 3 is 2.30 bits per heavy atom. The molecule has 3 aromatic carbocycles. The van der Waals surface area contributed by atoms with E-state index in [9.17, 15) is 9.50 Å². The Bertz CT molecular complexity index is 1060. The second-order valence-corrected chi connectivity index (χ2v) is 8.34. The number of hydrogen-bond donors (Lipinski definition) is 2. The molecule has 2 N–H and O–H groups in total. The number of aromatic hydroxyl groups is 1. The van der Waals surface area contributed by atoms with Crippen LogP contribution in [0.15, 0.2) is 46.9 Å². The van der Waals surface area contributed by atoms with Gasteiger partial charge >= 0.3 is 0 Å². The molecule has 0 bridgehead atoms. The number of ether oxygens (including phenoxy) is 2. The number of hydrogen-bond acceptors (Lipinski definition) is 4. The molecule has 3 aromatic rings. The summed E-state index contributed by atoms with van der Waals surface area (Å²) in [6, 6.07) is 10.9. The van der Waals surface area contributed by atoms with Gasteiger partial charge in [0, 0.05) is 22.3 Å². The van der Waals surface area contributed by atoms with Crippen LogP contribution < -0.4 is 14.8 Å². The molecular formula is C21H16BrCl3FNO3. The number of methoxy groups -OCH3 is 1. The number of rotatable bonds is 7. The van der Waals surface area contributed by atoms with Gasteiger partial charge in [0.15, 0.2) is 17.2 Å². The fourth-order valence-corrected chi connectivity index (χ4v) is 3.82. The van der Waals surface area contributed by atoms with E-state index in [4.69, 9.17) is 44.3 Å². The van der Waals surface area contributed by atoms with Crippen molar-refractivity contribution in [1.29, 1.82) is 0 Å². The van der Waals surface area contributed by atoms with Crippen molar-refractivity contribution >= 4 is 56.4 Å². The SMILES string of the molecule is COc1cc(CNc2cc(Cl)c(O)c(Cl)c2)c(Br)cc1OCc1ccc(F)cc1Cl. The van der Waals surface area contributed by atoms with Crippen LogP contribution in [-0.4, -0.2) is 12.2 Å². The van der Waals surface area contributed by atoms with Gasteiger partial charge in [0.25, 0.3) is 0 Å². The molecule has 0 amide bonds. The highest BCUT2D eigenvalue weighted by Crippen LogP contribution is 2.37. The van der Waals surface area contributed by atoms with E-state index in [1.54, 1.807) is 24.3 Å². The molecule has 3 rings (SSSR count). The predicted molar refractivity (Wildman–Crippen MR) is 122 cm³/mol. The number of benzene rings is 3. The van der Waals surface area contributed by atoms with Crippen molar-refractivity contribution in [1.82, 2.24) is 0 Å². The van der Waals surface area contributed by atoms with Crippen LogP contribution >= 0.6 is 50.7 Å². The maximum Gasteiger partial charge on any atom is 0.162 e. The summed E-state index contributed by atoms with van der Waals surface area (Å²) >= 11 is 21.5. The molecule has 0 fully saturated rings. The first-order chi connectivity index (χ1) is 14.3. The summed E-state index contributed by atoms with van der Waals surface area (Å²) in [5.74, 6) is 0.464. The number of halogens is 5. The number of anilines is 1. The van der Waals surface area contributed by atoms with Crippen LogP contribution in [-0.2, 0) is 13.2 Å². The first-order valence-electron chi connectivity index (χ1n) is 8.63. The Hall–Kier alpha value is -1.86. The van der Waals surface area contributed by atoms with Gasteiger partial charge in [-0.15, -0.1) is 0 Å². The fraction of sp³-hybridized carbons (Fsp3) is 0.143. The third-order valence-corrected chi connectivity index (χ3v) is 5.90. The Kier molecular flexibility index (Phi) is 7.58. The third-order valence-electron chi connectivity index (χ3n) is 4.23. The van der Waals surface area contributed by atoms with Gasteiger partial charge in [0.05, 0.1) is 22.2 Å². The number of nitrogens with one attached hydrogen (secondary N) is 1. The largest absolute Gasteiger partial charge is 0.505 e. The van der Waals surface area contributed by atoms with E-state index < -0.39 is 5.82 Å². The van der Waals surface area contributed by atoms with Crippen LogP contribution in [0, 0.1) is 5.82 Å². The van der Waals surface area contributed by atoms with Crippen molar-refractivity contribution in [2.75, 3.05) is 12.4 Å². The van der Waals surface area contributed by atoms with Crippen LogP contribution in [0.1, 0.15) is 11.1 Å². The number of phenolic OH excluding ortho intramolecular Hbond substituents is 1. The maximum atomic E-state index is 13.2. The summed E-state index contributed by atoms with van der Waals surface area (Å²) < 4.78 is 25.3. The van der Waals surface area contributed by atoms with E-state index in [1.807, 2.05) is 6.07 Å². The Morgan fingerprint density at radius 1 is 0.967 bits per heavy atom. The minimum absolute atomic E-state index is 0.157. The summed E-state index contributed by atoms with van der Waals surface area (Å²) in [5, 5.41) is 13.5. The molecule has 0 unspecified atom stereocenters. The molecule has 30 heavy (non-hydrogen) atoms. The molecule has 158 valence electrons. The van der Waals surface area contributed by atoms with E-state index in [1.165, 1.54) is 19.2 Å². The molecule has 0 aliphatic carbocycles. The van der Waals surface area contributed by atoms with E-state index in [0.717, 1.165) is 10.0 Å². The van der Waals surface area contributed by atoms with Crippen molar-refractivity contribution in [3.63, 3.8) is 0 Å². The first kappa shape index (κ1) is 22.8. The van der Waals surface area contributed by atoms with Crippen molar-refractivity contribution in [2.45, 2.75) is 13.2 Å². The van der Waals surface area contributed by atoms with Crippen molar-refractivity contribution in [2.24, 2.45) is 0 Å². The second-order valence-electron chi connectivity index (χ2n) is 6.26. The van der Waals surface area contributed by atoms with Crippen LogP contribution in [0.3, 0.4) is 0 Å². The summed E-state index contributed by atoms with van der Waals surface area (Å²) in [6.45, 7) is 0.586. The lowest BCUT2D eigenvalue weighted by atomic mass is 10.2. The molecule has 0 aliphatic rings. The molecule has 0 aromatic heterocycles. The lowest BCUT2D eigenvalue weighted by molar-refractivity contribution is 0.284. The highest BCUT2D eigenvalue weighted by molar-refractivity contribution is 9.10. The van der Waals surface area contributed by atoms with Gasteiger partial charge in [0.1, 0.15) is 12.4 Å². The third kappa shape index (κ3) is 5.43. The van der Waals surface area contributed by atoms with Crippen LogP contribution in [0.4, 0.5) is 10.1 Å². The van der Waals surface area contributed by atoms with Gasteiger partial charge in [-0.05, 0) is 42.0 Å². The molecule has 0 heterocycles. The van der Waals surface area contributed by atoms with Crippen molar-refractivity contribution < 1.29 is 19.0 Å². The zero-order chi connectivity index (χ0) is 21.8. The average Bonchev–Trinajstić information content (AvgIpc) is 2.70. The molecule has 0 atom stereocenters. The lowest BCUT2D eigenvalue weighted by Gasteiger charge is -2.15. The first-order valence-corrected chi connectivity index (χ1v) is 10.6. The molecule has 0 aliphatic heterocycles. The van der Waals surface area contributed by atoms with Crippen molar-refractivity contribution in [3.8, 4) is 17.2 Å². The lowest BCUT2D eigenvalue weighted by Crippen LogP contribution is -2.03. The van der Waals surface area contributed by atoms with Gasteiger partial charge in [-0.2, -0.15) is 0 Å². The smallest absolute Gasteiger partial charge is 0.162 e. The highest BCUT2D eigenvalue weighted by atomic mass is 79.9. The van der Waals surface area contributed by atoms with Gasteiger partial charge in [-0.25, -0.2) is 4.39 Å². The molecule has 0 saturated carbocycles. The van der Waals surface area contributed by atoms with Gasteiger partial charge in [0.2, 0.25) is 0 Å². The Morgan fingerprint density at radius 2 is 1.67 bits per heavy atom. The quantitative estimate of drug-likeness (QED) is 0.309. The Balaban J connectivity index is 1.75. The predicted octanol–water partition coefficient (Wildman–Crippen LogP) is 7.45. The van der Waals surface area contributed by atoms with E-state index in [0.29, 0.717) is 34.3 Å². The van der Waals surface area contributed by atoms with E-state index in [2.05, 4.69) is 21.2 Å². The highest BCUT2D eigenvalue weighted by Gasteiger charge is 2.13. The molecule has 9 heteroatoms. The van der Waals surface area contributed by atoms with Crippen LogP contribution in [0.5, 0.6) is 17.2 Å². The normalized spacial score (nSPS) is 10.7. The molecular weight excluding hydrogens is 519 g/mol. The minimum Gasteiger partial charge on any atom is -0.505 e. The molecule has 0 spiro atoms. The molecule has 0 radical (unpaired) electrons. The summed E-state index contributed by atoms with van der Waals surface area (Å²) in [5.41, 5.74) is 2.20. The number of phenols is 1. The zero-order valence-electron chi connectivity index (χ0n) is 15.6. The average molecular weight is 536 g/mol. The topological polar surface area (TPSA) is 50.7 Å². The van der Waals surface area contributed by atoms with Gasteiger partial charge < -0.3 is 19.9 Å². The summed E-state index contributed by atoms with van der Waals surface area (Å²) in [4.78, 5) is 0. The summed E-state index contributed by atoms with van der Waals surface area (Å²) in [7, 11) is 1.54. The summed E-state index contributed by atoms with van der Waals surface area (Å²) in [6.07, 6.45) is 0. The van der Waals surface area contributed by atoms with Crippen LogP contribution in [0.2, 0.25) is 15.1 Å². The van der Waals surface area contributed by atoms with Crippen LogP contribution in [0.25, 0.3) is 0 Å². The van der Waals surface area contributed by atoms with Crippen molar-refractivity contribution in [3.05, 3.63) is 78.9 Å². The Labute approximate surface area is 196 Å². The fourth-order valence-electron chi connectivity index (χ4n) is 2.64. The van der Waals surface area contributed by atoms with E-state index in [-0.39, 0.29) is 22.4 Å². The standard InChI is InChI=1S/C21H16BrCl3FNO3/c1-29-19-4-12(9-27-14-6-17(24)21(28)18(25)7-14)15(22)8-20(19)30-10-11-2-3-13(26)5-16(11)23/h2-8,27-28H,9-10H2,1H3. The van der Waals surface area contributed by atoms with Gasteiger partial charge in [-0.3, -0.25) is 0 Å². The second kappa shape index (κ2) is 9.96.